The van der Waals surface area contributed by atoms with Gasteiger partial charge in [0, 0.05) is 6.61 Å². The van der Waals surface area contributed by atoms with Gasteiger partial charge in [-0.3, -0.25) is 0 Å². The number of aromatic nitrogens is 2. The van der Waals surface area contributed by atoms with Crippen molar-refractivity contribution in [2.75, 3.05) is 13.2 Å². The number of imidazole rings is 1. The first-order valence-electron chi connectivity index (χ1n) is 10.3. The summed E-state index contributed by atoms with van der Waals surface area (Å²) in [5, 5.41) is 10.7. The maximum atomic E-state index is 10.7. The average Bonchev–Trinajstić information content (AvgIpc) is 3.46. The second kappa shape index (κ2) is 8.74. The number of nitrogens with zero attached hydrogens (tertiary/aromatic N) is 2. The van der Waals surface area contributed by atoms with Crippen molar-refractivity contribution < 1.29 is 14.6 Å². The summed E-state index contributed by atoms with van der Waals surface area (Å²) in [4.78, 5) is 4.79. The maximum Gasteiger partial charge on any atom is 0.139 e. The molecular formula is C23H27ClN2O3. The number of aliphatic hydroxyl groups is 1. The van der Waals surface area contributed by atoms with Gasteiger partial charge in [0.05, 0.1) is 17.6 Å². The molecule has 2 aromatic carbocycles. The molecule has 0 spiro atoms. The Bertz CT molecular complexity index is 981. The summed E-state index contributed by atoms with van der Waals surface area (Å²) in [6.07, 6.45) is 4.94. The van der Waals surface area contributed by atoms with E-state index < -0.39 is 6.10 Å². The lowest BCUT2D eigenvalue weighted by Gasteiger charge is -2.18. The van der Waals surface area contributed by atoms with Crippen LogP contribution in [0.15, 0.2) is 42.5 Å². The third-order valence-corrected chi connectivity index (χ3v) is 5.81. The molecule has 1 saturated heterocycles. The fraction of sp³-hybridized carbons (Fsp3) is 0.435. The van der Waals surface area contributed by atoms with Crippen LogP contribution < -0.4 is 4.74 Å². The Morgan fingerprint density at radius 1 is 1.14 bits per heavy atom. The van der Waals surface area contributed by atoms with Crippen molar-refractivity contribution in [3.05, 3.63) is 59.4 Å². The monoisotopic (exact) mass is 414 g/mol. The average molecular weight is 415 g/mol. The molecule has 0 saturated carbocycles. The van der Waals surface area contributed by atoms with Crippen LogP contribution in [0.5, 0.6) is 5.75 Å². The molecular weight excluding hydrogens is 388 g/mol. The van der Waals surface area contributed by atoms with Gasteiger partial charge in [0.1, 0.15) is 30.4 Å². The van der Waals surface area contributed by atoms with Crippen molar-refractivity contribution in [1.82, 2.24) is 9.55 Å². The molecule has 154 valence electrons. The molecule has 1 fully saturated rings. The predicted molar refractivity (Wildman–Crippen MR) is 115 cm³/mol. The highest BCUT2D eigenvalue weighted by molar-refractivity contribution is 5.85. The lowest BCUT2D eigenvalue weighted by molar-refractivity contribution is 0.0805. The van der Waals surface area contributed by atoms with Gasteiger partial charge < -0.3 is 19.1 Å². The minimum Gasteiger partial charge on any atom is -0.491 e. The van der Waals surface area contributed by atoms with E-state index in [1.54, 1.807) is 0 Å². The molecule has 3 aromatic rings. The molecule has 2 aliphatic rings. The Morgan fingerprint density at radius 3 is 2.86 bits per heavy atom. The smallest absolute Gasteiger partial charge is 0.139 e. The number of benzene rings is 2. The van der Waals surface area contributed by atoms with Crippen LogP contribution in [-0.4, -0.2) is 34.0 Å². The highest BCUT2D eigenvalue weighted by Crippen LogP contribution is 2.31. The molecule has 0 radical (unpaired) electrons. The molecule has 2 unspecified atom stereocenters. The summed E-state index contributed by atoms with van der Waals surface area (Å²) in [5.41, 5.74) is 4.79. The van der Waals surface area contributed by atoms with Crippen LogP contribution in [-0.2, 0) is 24.1 Å². The van der Waals surface area contributed by atoms with Crippen LogP contribution in [0.4, 0.5) is 0 Å². The number of rotatable bonds is 6. The quantitative estimate of drug-likeness (QED) is 0.655. The van der Waals surface area contributed by atoms with Crippen molar-refractivity contribution >= 4 is 23.4 Å². The molecule has 1 aliphatic heterocycles. The molecule has 0 amide bonds. The Kier molecular flexibility index (Phi) is 6.09. The summed E-state index contributed by atoms with van der Waals surface area (Å²) in [6.45, 7) is 1.48. The van der Waals surface area contributed by atoms with Gasteiger partial charge in [-0.25, -0.2) is 4.98 Å². The topological polar surface area (TPSA) is 56.5 Å². The van der Waals surface area contributed by atoms with Crippen LogP contribution in [0.3, 0.4) is 0 Å². The third kappa shape index (κ3) is 4.13. The number of halogens is 1. The largest absolute Gasteiger partial charge is 0.491 e. The summed E-state index contributed by atoms with van der Waals surface area (Å²) < 4.78 is 13.9. The van der Waals surface area contributed by atoms with E-state index in [1.807, 2.05) is 24.3 Å². The van der Waals surface area contributed by atoms with Gasteiger partial charge in [-0.2, -0.15) is 0 Å². The molecule has 5 rings (SSSR count). The molecule has 1 aromatic heterocycles. The summed E-state index contributed by atoms with van der Waals surface area (Å²) >= 11 is 0. The zero-order valence-electron chi connectivity index (χ0n) is 16.4. The predicted octanol–water partition coefficient (Wildman–Crippen LogP) is 4.24. The second-order valence-electron chi connectivity index (χ2n) is 7.82. The van der Waals surface area contributed by atoms with Crippen molar-refractivity contribution in [1.29, 1.82) is 0 Å². The first-order chi connectivity index (χ1) is 13.8. The minimum atomic E-state index is -0.619. The summed E-state index contributed by atoms with van der Waals surface area (Å²) in [5.74, 6) is 1.75. The number of para-hydroxylation sites is 2. The molecule has 2 heterocycles. The molecule has 1 aliphatic carbocycles. The van der Waals surface area contributed by atoms with Gasteiger partial charge in [0.2, 0.25) is 0 Å². The standard InChI is InChI=1S/C23H26N2O3.ClH/c26-18(15-28-19-11-10-16-5-3-6-17(16)13-19)14-25-21-8-2-1-7-20(21)24-23(25)22-9-4-12-27-22;/h1-2,7-8,10-11,13,18,22,26H,3-6,9,12,14-15H2;1H. The molecule has 2 atom stereocenters. The maximum absolute atomic E-state index is 10.7. The first-order valence-corrected chi connectivity index (χ1v) is 10.3. The third-order valence-electron chi connectivity index (χ3n) is 5.81. The van der Waals surface area contributed by atoms with Crippen molar-refractivity contribution in [2.45, 2.75) is 50.9 Å². The van der Waals surface area contributed by atoms with Crippen LogP contribution in [0, 0.1) is 0 Å². The lowest BCUT2D eigenvalue weighted by Crippen LogP contribution is -2.25. The van der Waals surface area contributed by atoms with E-state index in [1.165, 1.54) is 17.5 Å². The Hall–Kier alpha value is -2.08. The van der Waals surface area contributed by atoms with E-state index in [4.69, 9.17) is 14.5 Å². The van der Waals surface area contributed by atoms with Crippen LogP contribution in [0.1, 0.15) is 42.3 Å². The highest BCUT2D eigenvalue weighted by atomic mass is 35.5. The van der Waals surface area contributed by atoms with E-state index >= 15 is 0 Å². The van der Waals surface area contributed by atoms with Gasteiger partial charge in [-0.15, -0.1) is 12.4 Å². The Morgan fingerprint density at radius 2 is 2.00 bits per heavy atom. The van der Waals surface area contributed by atoms with E-state index in [0.717, 1.165) is 54.9 Å². The number of aryl methyl sites for hydroxylation is 2. The fourth-order valence-corrected chi connectivity index (χ4v) is 4.41. The fourth-order valence-electron chi connectivity index (χ4n) is 4.41. The van der Waals surface area contributed by atoms with Gasteiger partial charge in [-0.1, -0.05) is 18.2 Å². The Balaban J connectivity index is 0.00000205. The summed E-state index contributed by atoms with van der Waals surface area (Å²) in [7, 11) is 0. The van der Waals surface area contributed by atoms with Crippen LogP contribution in [0.25, 0.3) is 11.0 Å². The number of hydrogen-bond acceptors (Lipinski definition) is 4. The van der Waals surface area contributed by atoms with Crippen molar-refractivity contribution in [2.24, 2.45) is 0 Å². The Labute approximate surface area is 177 Å². The number of fused-ring (bicyclic) bond motifs is 2. The van der Waals surface area contributed by atoms with Crippen molar-refractivity contribution in [3.8, 4) is 5.75 Å². The van der Waals surface area contributed by atoms with Crippen LogP contribution >= 0.6 is 12.4 Å². The summed E-state index contributed by atoms with van der Waals surface area (Å²) in [6, 6.07) is 14.4. The second-order valence-corrected chi connectivity index (χ2v) is 7.82. The molecule has 6 heteroatoms. The molecule has 1 N–H and O–H groups in total. The van der Waals surface area contributed by atoms with E-state index in [9.17, 15) is 5.11 Å². The van der Waals surface area contributed by atoms with Gasteiger partial charge in [-0.05, 0) is 67.5 Å². The number of hydrogen-bond donors (Lipinski definition) is 1. The van der Waals surface area contributed by atoms with Gasteiger partial charge >= 0.3 is 0 Å². The first kappa shape index (κ1) is 20.2. The van der Waals surface area contributed by atoms with E-state index in [0.29, 0.717) is 6.54 Å². The number of aliphatic hydroxyl groups excluding tert-OH is 1. The van der Waals surface area contributed by atoms with Gasteiger partial charge in [0.15, 0.2) is 0 Å². The molecule has 0 bridgehead atoms. The molecule has 29 heavy (non-hydrogen) atoms. The SMILES string of the molecule is Cl.OC(COc1ccc2c(c1)CCC2)Cn1c(C2CCCO2)nc2ccccc21. The zero-order chi connectivity index (χ0) is 18.9. The minimum absolute atomic E-state index is 0. The zero-order valence-corrected chi connectivity index (χ0v) is 17.2. The number of ether oxygens (including phenoxy) is 2. The van der Waals surface area contributed by atoms with E-state index in [2.05, 4.69) is 22.8 Å². The van der Waals surface area contributed by atoms with Crippen LogP contribution in [0.2, 0.25) is 0 Å². The van der Waals surface area contributed by atoms with E-state index in [-0.39, 0.29) is 25.1 Å². The molecule has 5 nitrogen and oxygen atoms in total. The lowest BCUT2D eigenvalue weighted by atomic mass is 10.1. The van der Waals surface area contributed by atoms with Crippen molar-refractivity contribution in [3.63, 3.8) is 0 Å². The normalized spacial score (nSPS) is 19.1. The van der Waals surface area contributed by atoms with Gasteiger partial charge in [0.25, 0.3) is 0 Å². The highest BCUT2D eigenvalue weighted by Gasteiger charge is 2.25.